The van der Waals surface area contributed by atoms with Gasteiger partial charge in [-0.15, -0.1) is 0 Å². The van der Waals surface area contributed by atoms with Crippen molar-refractivity contribution in [3.63, 3.8) is 0 Å². The van der Waals surface area contributed by atoms with E-state index in [0.29, 0.717) is 17.8 Å². The highest BCUT2D eigenvalue weighted by atomic mass is 16.2. The van der Waals surface area contributed by atoms with Gasteiger partial charge in [0.25, 0.3) is 0 Å². The van der Waals surface area contributed by atoms with Crippen molar-refractivity contribution < 1.29 is 4.79 Å². The summed E-state index contributed by atoms with van der Waals surface area (Å²) >= 11 is 0. The summed E-state index contributed by atoms with van der Waals surface area (Å²) in [6.45, 7) is 1.18. The van der Waals surface area contributed by atoms with Crippen LogP contribution in [-0.2, 0) is 11.2 Å². The minimum atomic E-state index is -0.0978. The van der Waals surface area contributed by atoms with Crippen molar-refractivity contribution in [1.29, 1.82) is 5.26 Å². The number of benzene rings is 2. The second-order valence-corrected chi connectivity index (χ2v) is 5.36. The third kappa shape index (κ3) is 2.94. The van der Waals surface area contributed by atoms with Gasteiger partial charge in [-0.05, 0) is 36.6 Å². The number of nitrogens with one attached hydrogen (secondary N) is 1. The minimum absolute atomic E-state index is 0.0978. The van der Waals surface area contributed by atoms with Gasteiger partial charge in [-0.25, -0.2) is 0 Å². The van der Waals surface area contributed by atoms with E-state index in [-0.39, 0.29) is 5.91 Å². The monoisotopic (exact) mass is 291 g/mol. The Morgan fingerprint density at radius 1 is 1.18 bits per heavy atom. The Morgan fingerprint density at radius 2 is 1.95 bits per heavy atom. The molecule has 1 N–H and O–H groups in total. The molecule has 1 amide bonds. The number of amides is 1. The first-order valence-electron chi connectivity index (χ1n) is 7.40. The van der Waals surface area contributed by atoms with Gasteiger partial charge in [0.1, 0.15) is 6.07 Å². The van der Waals surface area contributed by atoms with Crippen LogP contribution in [0.5, 0.6) is 0 Å². The molecule has 0 unspecified atom stereocenters. The predicted octanol–water partition coefficient (Wildman–Crippen LogP) is 2.95. The molecule has 4 nitrogen and oxygen atoms in total. The lowest BCUT2D eigenvalue weighted by Gasteiger charge is -2.30. The standard InChI is InChI=1S/C18H17N3O/c19-12-15-7-1-3-9-16(15)20-18(22)13-21-11-5-8-14-6-2-4-10-17(14)21/h1-4,6-7,9-10H,5,8,11,13H2,(H,20,22). The molecule has 3 rings (SSSR count). The van der Waals surface area contributed by atoms with Crippen LogP contribution in [0.4, 0.5) is 11.4 Å². The zero-order valence-electron chi connectivity index (χ0n) is 12.2. The van der Waals surface area contributed by atoms with Gasteiger partial charge in [-0.2, -0.15) is 5.26 Å². The number of fused-ring (bicyclic) bond motifs is 1. The predicted molar refractivity (Wildman–Crippen MR) is 86.8 cm³/mol. The van der Waals surface area contributed by atoms with Crippen LogP contribution in [0.25, 0.3) is 0 Å². The Balaban J connectivity index is 1.72. The fourth-order valence-electron chi connectivity index (χ4n) is 2.83. The Hall–Kier alpha value is -2.80. The number of aryl methyl sites for hydroxylation is 1. The zero-order valence-corrected chi connectivity index (χ0v) is 12.2. The van der Waals surface area contributed by atoms with Gasteiger partial charge in [-0.1, -0.05) is 30.3 Å². The van der Waals surface area contributed by atoms with Crippen molar-refractivity contribution in [1.82, 2.24) is 0 Å². The van der Waals surface area contributed by atoms with Crippen LogP contribution in [0, 0.1) is 11.3 Å². The van der Waals surface area contributed by atoms with Gasteiger partial charge in [0.2, 0.25) is 5.91 Å². The summed E-state index contributed by atoms with van der Waals surface area (Å²) in [7, 11) is 0. The summed E-state index contributed by atoms with van der Waals surface area (Å²) in [4.78, 5) is 14.4. The van der Waals surface area contributed by atoms with Crippen LogP contribution < -0.4 is 10.2 Å². The van der Waals surface area contributed by atoms with Gasteiger partial charge in [0, 0.05) is 12.2 Å². The van der Waals surface area contributed by atoms with Gasteiger partial charge < -0.3 is 10.2 Å². The second kappa shape index (κ2) is 6.31. The molecule has 1 aliphatic heterocycles. The number of carbonyl (C=O) groups excluding carboxylic acids is 1. The van der Waals surface area contributed by atoms with E-state index in [1.54, 1.807) is 18.2 Å². The van der Waals surface area contributed by atoms with Crippen LogP contribution in [0.15, 0.2) is 48.5 Å². The molecule has 0 saturated carbocycles. The van der Waals surface area contributed by atoms with E-state index in [0.717, 1.165) is 25.1 Å². The van der Waals surface area contributed by atoms with Crippen molar-refractivity contribution in [2.24, 2.45) is 0 Å². The normalized spacial score (nSPS) is 13.1. The molecule has 1 heterocycles. The van der Waals surface area contributed by atoms with Crippen molar-refractivity contribution in [2.75, 3.05) is 23.3 Å². The van der Waals surface area contributed by atoms with Gasteiger partial charge in [-0.3, -0.25) is 4.79 Å². The van der Waals surface area contributed by atoms with E-state index in [4.69, 9.17) is 5.26 Å². The molecule has 0 aromatic heterocycles. The quantitative estimate of drug-likeness (QED) is 0.946. The zero-order chi connectivity index (χ0) is 15.4. The molecule has 1 aliphatic rings. The molecule has 22 heavy (non-hydrogen) atoms. The molecular weight excluding hydrogens is 274 g/mol. The first-order valence-corrected chi connectivity index (χ1v) is 7.40. The average molecular weight is 291 g/mol. The summed E-state index contributed by atoms with van der Waals surface area (Å²) in [6.07, 6.45) is 2.12. The molecule has 0 aliphatic carbocycles. The lowest BCUT2D eigenvalue weighted by molar-refractivity contribution is -0.115. The number of anilines is 2. The van der Waals surface area contributed by atoms with E-state index in [2.05, 4.69) is 28.4 Å². The van der Waals surface area contributed by atoms with Crippen LogP contribution >= 0.6 is 0 Å². The Bertz CT molecular complexity index is 733. The maximum absolute atomic E-state index is 12.3. The maximum Gasteiger partial charge on any atom is 0.243 e. The molecule has 0 radical (unpaired) electrons. The molecule has 110 valence electrons. The Morgan fingerprint density at radius 3 is 2.82 bits per heavy atom. The fourth-order valence-corrected chi connectivity index (χ4v) is 2.83. The van der Waals surface area contributed by atoms with E-state index >= 15 is 0 Å². The molecule has 2 aromatic carbocycles. The van der Waals surface area contributed by atoms with Crippen LogP contribution in [0.1, 0.15) is 17.5 Å². The van der Waals surface area contributed by atoms with Crippen molar-refractivity contribution >= 4 is 17.3 Å². The van der Waals surface area contributed by atoms with Crippen LogP contribution in [-0.4, -0.2) is 19.0 Å². The summed E-state index contributed by atoms with van der Waals surface area (Å²) in [6, 6.07) is 17.4. The van der Waals surface area contributed by atoms with Crippen LogP contribution in [0.2, 0.25) is 0 Å². The van der Waals surface area contributed by atoms with Crippen molar-refractivity contribution in [3.05, 3.63) is 59.7 Å². The van der Waals surface area contributed by atoms with Gasteiger partial charge >= 0.3 is 0 Å². The number of hydrogen-bond donors (Lipinski definition) is 1. The van der Waals surface area contributed by atoms with E-state index in [1.165, 1.54) is 5.56 Å². The Labute approximate surface area is 130 Å². The second-order valence-electron chi connectivity index (χ2n) is 5.36. The van der Waals surface area contributed by atoms with Crippen molar-refractivity contribution in [3.8, 4) is 6.07 Å². The molecule has 0 atom stereocenters. The maximum atomic E-state index is 12.3. The van der Waals surface area contributed by atoms with Gasteiger partial charge in [0.05, 0.1) is 17.8 Å². The average Bonchev–Trinajstić information content (AvgIpc) is 2.55. The fraction of sp³-hybridized carbons (Fsp3) is 0.222. The molecule has 4 heteroatoms. The smallest absolute Gasteiger partial charge is 0.243 e. The van der Waals surface area contributed by atoms with Crippen LogP contribution in [0.3, 0.4) is 0 Å². The first kappa shape index (κ1) is 14.2. The van der Waals surface area contributed by atoms with Crippen molar-refractivity contribution in [2.45, 2.75) is 12.8 Å². The summed E-state index contributed by atoms with van der Waals surface area (Å²) in [5.74, 6) is -0.0978. The first-order chi connectivity index (χ1) is 10.8. The lowest BCUT2D eigenvalue weighted by Crippen LogP contribution is -2.36. The highest BCUT2D eigenvalue weighted by Crippen LogP contribution is 2.26. The van der Waals surface area contributed by atoms with E-state index in [9.17, 15) is 4.79 Å². The molecular formula is C18H17N3O. The van der Waals surface area contributed by atoms with E-state index < -0.39 is 0 Å². The molecule has 0 fully saturated rings. The number of para-hydroxylation sites is 2. The third-order valence-electron chi connectivity index (χ3n) is 3.86. The molecule has 0 saturated heterocycles. The SMILES string of the molecule is N#Cc1ccccc1NC(=O)CN1CCCc2ccccc21. The number of nitriles is 1. The third-order valence-corrected chi connectivity index (χ3v) is 3.86. The number of carbonyl (C=O) groups is 1. The minimum Gasteiger partial charge on any atom is -0.362 e. The summed E-state index contributed by atoms with van der Waals surface area (Å²) in [5, 5.41) is 11.9. The topological polar surface area (TPSA) is 56.1 Å². The van der Waals surface area contributed by atoms with Gasteiger partial charge in [0.15, 0.2) is 0 Å². The largest absolute Gasteiger partial charge is 0.362 e. The molecule has 2 aromatic rings. The number of nitrogens with zero attached hydrogens (tertiary/aromatic N) is 2. The summed E-state index contributed by atoms with van der Waals surface area (Å²) in [5.41, 5.74) is 3.48. The number of rotatable bonds is 3. The molecule has 0 bridgehead atoms. The highest BCUT2D eigenvalue weighted by Gasteiger charge is 2.18. The molecule has 0 spiro atoms. The Kier molecular flexibility index (Phi) is 4.06. The number of hydrogen-bond acceptors (Lipinski definition) is 3. The van der Waals surface area contributed by atoms with E-state index in [1.807, 2.05) is 18.2 Å². The summed E-state index contributed by atoms with van der Waals surface area (Å²) < 4.78 is 0. The highest BCUT2D eigenvalue weighted by molar-refractivity contribution is 5.95. The lowest BCUT2D eigenvalue weighted by atomic mass is 10.0.